The van der Waals surface area contributed by atoms with Gasteiger partial charge in [-0.25, -0.2) is 0 Å². The molecule has 1 unspecified atom stereocenters. The van der Waals surface area contributed by atoms with E-state index in [1.165, 1.54) is 26.9 Å². The average molecular weight is 285 g/mol. The first kappa shape index (κ1) is 13.1. The molecule has 4 rings (SSSR count). The van der Waals surface area contributed by atoms with Crippen molar-refractivity contribution in [3.8, 4) is 0 Å². The van der Waals surface area contributed by atoms with Gasteiger partial charge in [0.2, 0.25) is 0 Å². The van der Waals surface area contributed by atoms with Gasteiger partial charge in [0.15, 0.2) is 0 Å². The third-order valence-corrected chi connectivity index (χ3v) is 4.37. The van der Waals surface area contributed by atoms with Crippen LogP contribution in [0.15, 0.2) is 66.7 Å². The van der Waals surface area contributed by atoms with Crippen molar-refractivity contribution in [2.75, 3.05) is 11.9 Å². The summed E-state index contributed by atoms with van der Waals surface area (Å²) in [5.74, 6) is 0.557. The van der Waals surface area contributed by atoms with E-state index in [1.807, 2.05) is 0 Å². The van der Waals surface area contributed by atoms with Gasteiger partial charge in [-0.15, -0.1) is 0 Å². The highest BCUT2D eigenvalue weighted by molar-refractivity contribution is 5.85. The Bertz CT molecular complexity index is 924. The molecule has 1 heteroatoms. The van der Waals surface area contributed by atoms with Crippen molar-refractivity contribution in [3.63, 3.8) is 0 Å². The second-order valence-corrected chi connectivity index (χ2v) is 5.94. The minimum Gasteiger partial charge on any atom is -0.384 e. The van der Waals surface area contributed by atoms with Gasteiger partial charge in [0, 0.05) is 12.2 Å². The van der Waals surface area contributed by atoms with E-state index in [9.17, 15) is 0 Å². The molecule has 0 fully saturated rings. The van der Waals surface area contributed by atoms with Crippen molar-refractivity contribution in [3.05, 3.63) is 77.2 Å². The molecule has 0 aromatic heterocycles. The topological polar surface area (TPSA) is 12.0 Å². The summed E-state index contributed by atoms with van der Waals surface area (Å²) >= 11 is 0. The molecule has 0 saturated carbocycles. The molecule has 0 aliphatic heterocycles. The Morgan fingerprint density at radius 1 is 0.818 bits per heavy atom. The molecular formula is C21H19N. The van der Waals surface area contributed by atoms with Gasteiger partial charge in [-0.05, 0) is 45.7 Å². The predicted octanol–water partition coefficient (Wildman–Crippen LogP) is 3.53. The summed E-state index contributed by atoms with van der Waals surface area (Å²) in [4.78, 5) is 0. The lowest BCUT2D eigenvalue weighted by Crippen LogP contribution is -2.30. The lowest BCUT2D eigenvalue weighted by atomic mass is 9.97. The van der Waals surface area contributed by atoms with Gasteiger partial charge in [0.25, 0.3) is 0 Å². The van der Waals surface area contributed by atoms with E-state index in [1.54, 1.807) is 0 Å². The SMILES string of the molecule is C1=c2ccccc2=CC(CNc2ccc3ccccc3c2)C1. The van der Waals surface area contributed by atoms with Gasteiger partial charge < -0.3 is 5.32 Å². The summed E-state index contributed by atoms with van der Waals surface area (Å²) < 4.78 is 0. The van der Waals surface area contributed by atoms with E-state index in [-0.39, 0.29) is 0 Å². The van der Waals surface area contributed by atoms with E-state index in [0.29, 0.717) is 5.92 Å². The smallest absolute Gasteiger partial charge is 0.0346 e. The minimum absolute atomic E-state index is 0.557. The van der Waals surface area contributed by atoms with Crippen molar-refractivity contribution in [2.24, 2.45) is 5.92 Å². The third kappa shape index (κ3) is 2.62. The fourth-order valence-electron chi connectivity index (χ4n) is 3.14. The summed E-state index contributed by atoms with van der Waals surface area (Å²) in [6.07, 6.45) is 5.85. The van der Waals surface area contributed by atoms with Crippen LogP contribution in [0.5, 0.6) is 0 Å². The van der Waals surface area contributed by atoms with Crippen molar-refractivity contribution in [1.29, 1.82) is 0 Å². The number of fused-ring (bicyclic) bond motifs is 2. The zero-order valence-corrected chi connectivity index (χ0v) is 12.5. The third-order valence-electron chi connectivity index (χ3n) is 4.37. The molecule has 0 spiro atoms. The molecule has 0 heterocycles. The number of hydrogen-bond acceptors (Lipinski definition) is 1. The Morgan fingerprint density at radius 3 is 2.50 bits per heavy atom. The van der Waals surface area contributed by atoms with Crippen LogP contribution in [0.1, 0.15) is 6.42 Å². The fraction of sp³-hybridized carbons (Fsp3) is 0.143. The standard InChI is InChI=1S/C21H19N/c1-3-7-19-13-16(9-10-17(19)5-1)15-22-21-12-11-18-6-2-4-8-20(18)14-21/h1-8,10-14,16,22H,9,15H2. The lowest BCUT2D eigenvalue weighted by molar-refractivity contribution is 0.748. The van der Waals surface area contributed by atoms with Crippen LogP contribution in [0.2, 0.25) is 0 Å². The molecule has 0 bridgehead atoms. The summed E-state index contributed by atoms with van der Waals surface area (Å²) in [6.45, 7) is 0.975. The maximum atomic E-state index is 3.59. The molecule has 1 atom stereocenters. The lowest BCUT2D eigenvalue weighted by Gasteiger charge is -2.16. The Hall–Kier alpha value is -2.54. The average Bonchev–Trinajstić information content (AvgIpc) is 2.59. The van der Waals surface area contributed by atoms with E-state index in [0.717, 1.165) is 13.0 Å². The van der Waals surface area contributed by atoms with E-state index in [2.05, 4.69) is 84.2 Å². The van der Waals surface area contributed by atoms with Gasteiger partial charge in [0.05, 0.1) is 0 Å². The van der Waals surface area contributed by atoms with E-state index >= 15 is 0 Å². The van der Waals surface area contributed by atoms with Crippen LogP contribution in [0, 0.1) is 5.92 Å². The number of rotatable bonds is 3. The van der Waals surface area contributed by atoms with Crippen LogP contribution in [0.25, 0.3) is 22.9 Å². The van der Waals surface area contributed by atoms with Gasteiger partial charge >= 0.3 is 0 Å². The first-order chi connectivity index (χ1) is 10.9. The largest absolute Gasteiger partial charge is 0.384 e. The fourth-order valence-corrected chi connectivity index (χ4v) is 3.14. The molecule has 1 aliphatic rings. The summed E-state index contributed by atoms with van der Waals surface area (Å²) in [7, 11) is 0. The van der Waals surface area contributed by atoms with E-state index < -0.39 is 0 Å². The van der Waals surface area contributed by atoms with Gasteiger partial charge in [-0.1, -0.05) is 66.7 Å². The quantitative estimate of drug-likeness (QED) is 0.776. The molecule has 0 radical (unpaired) electrons. The molecule has 108 valence electrons. The molecule has 3 aromatic rings. The first-order valence-electron chi connectivity index (χ1n) is 7.88. The summed E-state index contributed by atoms with van der Waals surface area (Å²) in [5, 5.41) is 8.89. The molecule has 3 aromatic carbocycles. The van der Waals surface area contributed by atoms with Crippen LogP contribution < -0.4 is 15.8 Å². The van der Waals surface area contributed by atoms with Crippen LogP contribution in [-0.4, -0.2) is 6.54 Å². The molecule has 1 aliphatic carbocycles. The minimum atomic E-state index is 0.557. The van der Waals surface area contributed by atoms with Crippen molar-refractivity contribution in [1.82, 2.24) is 0 Å². The number of anilines is 1. The molecular weight excluding hydrogens is 266 g/mol. The van der Waals surface area contributed by atoms with Crippen molar-refractivity contribution >= 4 is 28.6 Å². The monoisotopic (exact) mass is 285 g/mol. The Morgan fingerprint density at radius 2 is 1.59 bits per heavy atom. The highest BCUT2D eigenvalue weighted by atomic mass is 14.9. The van der Waals surface area contributed by atoms with E-state index in [4.69, 9.17) is 0 Å². The maximum absolute atomic E-state index is 3.59. The maximum Gasteiger partial charge on any atom is 0.0346 e. The number of benzene rings is 3. The highest BCUT2D eigenvalue weighted by Crippen LogP contribution is 2.19. The second kappa shape index (κ2) is 5.69. The Balaban J connectivity index is 1.51. The highest BCUT2D eigenvalue weighted by Gasteiger charge is 2.07. The second-order valence-electron chi connectivity index (χ2n) is 5.94. The molecule has 0 saturated heterocycles. The zero-order valence-electron chi connectivity index (χ0n) is 12.5. The van der Waals surface area contributed by atoms with Crippen molar-refractivity contribution < 1.29 is 0 Å². The molecule has 22 heavy (non-hydrogen) atoms. The van der Waals surface area contributed by atoms with Crippen LogP contribution >= 0.6 is 0 Å². The summed E-state index contributed by atoms with van der Waals surface area (Å²) in [5.41, 5.74) is 1.20. The summed E-state index contributed by atoms with van der Waals surface area (Å²) in [6, 6.07) is 23.7. The van der Waals surface area contributed by atoms with Crippen LogP contribution in [0.4, 0.5) is 5.69 Å². The first-order valence-corrected chi connectivity index (χ1v) is 7.88. The predicted molar refractivity (Wildman–Crippen MR) is 95.2 cm³/mol. The Labute approximate surface area is 130 Å². The van der Waals surface area contributed by atoms with Crippen molar-refractivity contribution in [2.45, 2.75) is 6.42 Å². The van der Waals surface area contributed by atoms with Gasteiger partial charge in [-0.3, -0.25) is 0 Å². The number of nitrogens with one attached hydrogen (secondary N) is 1. The molecule has 0 amide bonds. The normalized spacial score (nSPS) is 16.5. The van der Waals surface area contributed by atoms with Gasteiger partial charge in [-0.2, -0.15) is 0 Å². The van der Waals surface area contributed by atoms with Gasteiger partial charge in [0.1, 0.15) is 0 Å². The molecule has 1 nitrogen and oxygen atoms in total. The number of hydrogen-bond donors (Lipinski definition) is 1. The zero-order chi connectivity index (χ0) is 14.8. The molecule has 1 N–H and O–H groups in total. The van der Waals surface area contributed by atoms with Crippen LogP contribution in [-0.2, 0) is 0 Å². The van der Waals surface area contributed by atoms with Crippen LogP contribution in [0.3, 0.4) is 0 Å². The Kier molecular flexibility index (Phi) is 3.40.